The summed E-state index contributed by atoms with van der Waals surface area (Å²) < 4.78 is 11.5. The Hall–Kier alpha value is -3.53. The topological polar surface area (TPSA) is 91.3 Å². The van der Waals surface area contributed by atoms with Crippen molar-refractivity contribution in [3.8, 4) is 11.8 Å². The first-order chi connectivity index (χ1) is 19.9. The average Bonchev–Trinajstić information content (AvgIpc) is 3.01. The largest absolute Gasteiger partial charge is 0.481 e. The van der Waals surface area contributed by atoms with Crippen molar-refractivity contribution in [2.45, 2.75) is 44.3 Å². The summed E-state index contributed by atoms with van der Waals surface area (Å²) in [5, 5.41) is 9.59. The number of carbonyl (C=O) groups is 1. The van der Waals surface area contributed by atoms with Crippen LogP contribution in [0.4, 0.5) is 0 Å². The molecule has 0 saturated carbocycles. The normalized spacial score (nSPS) is 19.8. The quantitative estimate of drug-likeness (QED) is 0.428. The molecule has 3 aromatic rings. The molecule has 2 atom stereocenters. The highest BCUT2D eigenvalue weighted by atomic mass is 16.5. The standard InChI is InChI=1S/C32H41N5O4/c1-22(2)30-33-31(40-3)26(32(34-30)41-4)19-35-17-25-18-36(28(39)21-38)15-16-37(25)27(20-35)29(23-11-7-5-8-12-23)24-13-9-6-10-14-24/h5-14,22,25,27,29,38H,15-21H2,1-4H3/t25-,27+/m1/s1. The van der Waals surface area contributed by atoms with Crippen LogP contribution in [0.5, 0.6) is 11.8 Å². The van der Waals surface area contributed by atoms with Crippen molar-refractivity contribution in [2.75, 3.05) is 53.6 Å². The van der Waals surface area contributed by atoms with E-state index in [0.717, 1.165) is 25.2 Å². The fraction of sp³-hybridized carbons (Fsp3) is 0.469. The minimum Gasteiger partial charge on any atom is -0.481 e. The highest BCUT2D eigenvalue weighted by Gasteiger charge is 2.43. The Morgan fingerprint density at radius 2 is 1.49 bits per heavy atom. The molecule has 2 aliphatic rings. The van der Waals surface area contributed by atoms with Gasteiger partial charge in [0.2, 0.25) is 17.7 Å². The van der Waals surface area contributed by atoms with Crippen LogP contribution >= 0.6 is 0 Å². The zero-order valence-electron chi connectivity index (χ0n) is 24.4. The van der Waals surface area contributed by atoms with Crippen molar-refractivity contribution in [3.63, 3.8) is 0 Å². The van der Waals surface area contributed by atoms with E-state index in [9.17, 15) is 9.90 Å². The zero-order chi connectivity index (χ0) is 28.9. The Kier molecular flexibility index (Phi) is 9.17. The van der Waals surface area contributed by atoms with Gasteiger partial charge in [0, 0.05) is 63.2 Å². The predicted molar refractivity (Wildman–Crippen MR) is 157 cm³/mol. The molecule has 0 bridgehead atoms. The summed E-state index contributed by atoms with van der Waals surface area (Å²) in [4.78, 5) is 28.7. The van der Waals surface area contributed by atoms with Crippen LogP contribution in [0.3, 0.4) is 0 Å². The van der Waals surface area contributed by atoms with Gasteiger partial charge in [-0.3, -0.25) is 14.6 Å². The second kappa shape index (κ2) is 13.0. The SMILES string of the molecule is COc1nc(C(C)C)nc(OC)c1CN1C[C@@H]2CN(C(=O)CO)CCN2[C@H](C(c2ccccc2)c2ccccc2)C1. The van der Waals surface area contributed by atoms with E-state index in [1.54, 1.807) is 19.1 Å². The first-order valence-electron chi connectivity index (χ1n) is 14.4. The maximum absolute atomic E-state index is 12.5. The van der Waals surface area contributed by atoms with E-state index in [4.69, 9.17) is 19.4 Å². The maximum Gasteiger partial charge on any atom is 0.248 e. The lowest BCUT2D eigenvalue weighted by Crippen LogP contribution is -2.67. The van der Waals surface area contributed by atoms with Gasteiger partial charge in [0.25, 0.3) is 0 Å². The lowest BCUT2D eigenvalue weighted by Gasteiger charge is -2.53. The number of aliphatic hydroxyl groups excluding tert-OH is 1. The van der Waals surface area contributed by atoms with E-state index in [2.05, 4.69) is 70.5 Å². The molecule has 2 fully saturated rings. The fourth-order valence-corrected chi connectivity index (χ4v) is 6.33. The number of rotatable bonds is 9. The molecule has 2 aliphatic heterocycles. The molecule has 3 heterocycles. The molecule has 41 heavy (non-hydrogen) atoms. The van der Waals surface area contributed by atoms with E-state index in [1.165, 1.54) is 11.1 Å². The van der Waals surface area contributed by atoms with E-state index >= 15 is 0 Å². The molecule has 9 nitrogen and oxygen atoms in total. The first-order valence-corrected chi connectivity index (χ1v) is 14.4. The first kappa shape index (κ1) is 29.0. The van der Waals surface area contributed by atoms with Gasteiger partial charge in [-0.05, 0) is 11.1 Å². The third kappa shape index (κ3) is 6.22. The lowest BCUT2D eigenvalue weighted by atomic mass is 9.81. The number of piperazine rings is 2. The Morgan fingerprint density at radius 1 is 0.902 bits per heavy atom. The van der Waals surface area contributed by atoms with Crippen LogP contribution in [0.2, 0.25) is 0 Å². The second-order valence-corrected chi connectivity index (χ2v) is 11.2. The van der Waals surface area contributed by atoms with Gasteiger partial charge in [0.15, 0.2) is 0 Å². The predicted octanol–water partition coefficient (Wildman–Crippen LogP) is 3.14. The van der Waals surface area contributed by atoms with Gasteiger partial charge >= 0.3 is 0 Å². The number of aliphatic hydroxyl groups is 1. The van der Waals surface area contributed by atoms with Gasteiger partial charge < -0.3 is 19.5 Å². The smallest absolute Gasteiger partial charge is 0.248 e. The molecule has 9 heteroatoms. The fourth-order valence-electron chi connectivity index (χ4n) is 6.33. The van der Waals surface area contributed by atoms with Crippen molar-refractivity contribution in [1.82, 2.24) is 24.7 Å². The number of hydrogen-bond donors (Lipinski definition) is 1. The van der Waals surface area contributed by atoms with Crippen LogP contribution in [0.15, 0.2) is 60.7 Å². The summed E-state index contributed by atoms with van der Waals surface area (Å²) in [5.74, 6) is 1.79. The number of benzene rings is 2. The van der Waals surface area contributed by atoms with E-state index < -0.39 is 6.61 Å². The number of carbonyl (C=O) groups excluding carboxylic acids is 1. The molecular formula is C32H41N5O4. The summed E-state index contributed by atoms with van der Waals surface area (Å²) in [6.07, 6.45) is 0. The molecule has 218 valence electrons. The number of hydrogen-bond acceptors (Lipinski definition) is 8. The Labute approximate surface area is 242 Å². The van der Waals surface area contributed by atoms with Gasteiger partial charge in [0.1, 0.15) is 12.4 Å². The molecule has 0 spiro atoms. The minimum atomic E-state index is -0.468. The van der Waals surface area contributed by atoms with Gasteiger partial charge in [0.05, 0.1) is 19.8 Å². The van der Waals surface area contributed by atoms with Gasteiger partial charge in [-0.25, -0.2) is 0 Å². The average molecular weight is 560 g/mol. The van der Waals surface area contributed by atoms with Crippen LogP contribution in [0, 0.1) is 0 Å². The number of nitrogens with zero attached hydrogens (tertiary/aromatic N) is 5. The van der Waals surface area contributed by atoms with Crippen molar-refractivity contribution >= 4 is 5.91 Å². The molecule has 5 rings (SSSR count). The molecule has 0 unspecified atom stereocenters. The number of amides is 1. The number of ether oxygens (including phenoxy) is 2. The molecule has 1 aromatic heterocycles. The van der Waals surface area contributed by atoms with Gasteiger partial charge in [-0.1, -0.05) is 74.5 Å². The highest BCUT2D eigenvalue weighted by molar-refractivity contribution is 5.77. The summed E-state index contributed by atoms with van der Waals surface area (Å²) in [5.41, 5.74) is 3.34. The Bertz CT molecular complexity index is 1240. The highest BCUT2D eigenvalue weighted by Crippen LogP contribution is 2.37. The number of fused-ring (bicyclic) bond motifs is 1. The molecular weight excluding hydrogens is 518 g/mol. The van der Waals surface area contributed by atoms with Crippen LogP contribution in [0.25, 0.3) is 0 Å². The summed E-state index contributed by atoms with van der Waals surface area (Å²) in [7, 11) is 3.27. The molecule has 0 radical (unpaired) electrons. The van der Waals surface area contributed by atoms with Crippen molar-refractivity contribution in [1.29, 1.82) is 0 Å². The van der Waals surface area contributed by atoms with Gasteiger partial charge in [-0.15, -0.1) is 0 Å². The third-order valence-corrected chi connectivity index (χ3v) is 8.29. The maximum atomic E-state index is 12.5. The van der Waals surface area contributed by atoms with Crippen molar-refractivity contribution in [2.24, 2.45) is 0 Å². The summed E-state index contributed by atoms with van der Waals surface area (Å²) >= 11 is 0. The van der Waals surface area contributed by atoms with Crippen molar-refractivity contribution in [3.05, 3.63) is 83.2 Å². The zero-order valence-corrected chi connectivity index (χ0v) is 24.4. The van der Waals surface area contributed by atoms with Crippen LogP contribution in [-0.4, -0.2) is 101 Å². The monoisotopic (exact) mass is 559 g/mol. The number of methoxy groups -OCH3 is 2. The van der Waals surface area contributed by atoms with Crippen LogP contribution < -0.4 is 9.47 Å². The van der Waals surface area contributed by atoms with Crippen LogP contribution in [0.1, 0.15) is 48.2 Å². The second-order valence-electron chi connectivity index (χ2n) is 11.2. The van der Waals surface area contributed by atoms with Crippen LogP contribution in [-0.2, 0) is 11.3 Å². The molecule has 2 saturated heterocycles. The lowest BCUT2D eigenvalue weighted by molar-refractivity contribution is -0.139. The number of aromatic nitrogens is 2. The summed E-state index contributed by atoms with van der Waals surface area (Å²) in [6.45, 7) is 7.66. The van der Waals surface area contributed by atoms with E-state index in [1.807, 2.05) is 13.8 Å². The Balaban J connectivity index is 1.54. The Morgan fingerprint density at radius 3 is 2.00 bits per heavy atom. The van der Waals surface area contributed by atoms with Crippen molar-refractivity contribution < 1.29 is 19.4 Å². The minimum absolute atomic E-state index is 0.0979. The molecule has 2 aromatic carbocycles. The molecule has 1 N–H and O–H groups in total. The third-order valence-electron chi connectivity index (χ3n) is 8.29. The summed E-state index contributed by atoms with van der Waals surface area (Å²) in [6, 6.07) is 21.6. The molecule has 1 amide bonds. The van der Waals surface area contributed by atoms with Gasteiger partial charge in [-0.2, -0.15) is 9.97 Å². The molecule has 0 aliphatic carbocycles. The van der Waals surface area contributed by atoms with E-state index in [0.29, 0.717) is 37.2 Å². The van der Waals surface area contributed by atoms with E-state index in [-0.39, 0.29) is 29.8 Å².